The van der Waals surface area contributed by atoms with Crippen molar-refractivity contribution in [3.05, 3.63) is 80.1 Å². The molecule has 1 fully saturated rings. The summed E-state index contributed by atoms with van der Waals surface area (Å²) >= 11 is 0. The van der Waals surface area contributed by atoms with Crippen LogP contribution >= 0.6 is 0 Å². The maximum Gasteiger partial charge on any atom is 0.416 e. The van der Waals surface area contributed by atoms with Crippen molar-refractivity contribution in [1.82, 2.24) is 19.2 Å². The average molecular weight is 591 g/mol. The van der Waals surface area contributed by atoms with Crippen LogP contribution in [0.3, 0.4) is 0 Å². The molecule has 0 radical (unpaired) electrons. The van der Waals surface area contributed by atoms with Crippen LogP contribution in [-0.2, 0) is 22.3 Å². The highest BCUT2D eigenvalue weighted by Gasteiger charge is 2.33. The summed E-state index contributed by atoms with van der Waals surface area (Å²) in [6.45, 7) is 1.46. The Labute approximate surface area is 238 Å². The highest BCUT2D eigenvalue weighted by molar-refractivity contribution is 5.92. The first-order chi connectivity index (χ1) is 20.0. The van der Waals surface area contributed by atoms with Gasteiger partial charge < -0.3 is 19.1 Å². The number of likely N-dealkylation sites (tertiary alicyclic amines) is 1. The van der Waals surface area contributed by atoms with Gasteiger partial charge >= 0.3 is 17.8 Å². The van der Waals surface area contributed by atoms with Gasteiger partial charge in [-0.2, -0.15) is 23.0 Å². The number of hydrogen-bond acceptors (Lipinski definition) is 8. The first-order valence-electron chi connectivity index (χ1n) is 13.1. The van der Waals surface area contributed by atoms with Gasteiger partial charge in [0.05, 0.1) is 44.5 Å². The van der Waals surface area contributed by atoms with Gasteiger partial charge in [-0.25, -0.2) is 4.79 Å². The van der Waals surface area contributed by atoms with Crippen LogP contribution in [-0.4, -0.2) is 65.0 Å². The molecule has 0 spiro atoms. The Morgan fingerprint density at radius 1 is 1.05 bits per heavy atom. The quantitative estimate of drug-likeness (QED) is 0.367. The van der Waals surface area contributed by atoms with Crippen LogP contribution in [0.5, 0.6) is 11.5 Å². The summed E-state index contributed by atoms with van der Waals surface area (Å²) in [6.07, 6.45) is -3.70. The topological polar surface area (TPSA) is 122 Å². The van der Waals surface area contributed by atoms with Crippen molar-refractivity contribution in [2.45, 2.75) is 32.5 Å². The van der Waals surface area contributed by atoms with Gasteiger partial charge in [0.2, 0.25) is 5.69 Å². The fraction of sp³-hybridized carbons (Fsp3) is 0.393. The molecule has 0 N–H and O–H groups in total. The average Bonchev–Trinajstić information content (AvgIpc) is 2.98. The van der Waals surface area contributed by atoms with Crippen molar-refractivity contribution in [3.63, 3.8) is 0 Å². The molecule has 0 saturated carbocycles. The lowest BCUT2D eigenvalue weighted by atomic mass is 9.98. The summed E-state index contributed by atoms with van der Waals surface area (Å²) in [6, 6.07) is 8.51. The summed E-state index contributed by atoms with van der Waals surface area (Å²) in [5, 5.41) is 4.10. The SMILES string of the molecule is CCOC(=O)[C@@H]1CCCN(C(=O)c2nn(-c3ccc(OC)c(OC)c3)c(=O)n(Cc3cccc(C(F)(F)F)c3)c2=O)C1. The number of esters is 1. The molecule has 0 bridgehead atoms. The molecular weight excluding hydrogens is 561 g/mol. The van der Waals surface area contributed by atoms with Crippen LogP contribution in [0.4, 0.5) is 13.2 Å². The van der Waals surface area contributed by atoms with Gasteiger partial charge in [0, 0.05) is 19.2 Å². The zero-order chi connectivity index (χ0) is 30.6. The van der Waals surface area contributed by atoms with E-state index in [1.54, 1.807) is 6.92 Å². The van der Waals surface area contributed by atoms with E-state index in [9.17, 15) is 32.3 Å². The van der Waals surface area contributed by atoms with Crippen LogP contribution in [0, 0.1) is 5.92 Å². The molecule has 1 saturated heterocycles. The zero-order valence-electron chi connectivity index (χ0n) is 23.1. The van der Waals surface area contributed by atoms with E-state index in [1.165, 1.54) is 43.4 Å². The van der Waals surface area contributed by atoms with Crippen molar-refractivity contribution in [3.8, 4) is 17.2 Å². The predicted octanol–water partition coefficient (Wildman–Crippen LogP) is 2.89. The first-order valence-corrected chi connectivity index (χ1v) is 13.1. The fourth-order valence-electron chi connectivity index (χ4n) is 4.71. The molecule has 4 rings (SSSR count). The second kappa shape index (κ2) is 12.5. The number of halogens is 3. The molecule has 1 amide bonds. The number of alkyl halides is 3. The molecule has 1 aliphatic rings. The number of amides is 1. The molecule has 0 aliphatic carbocycles. The van der Waals surface area contributed by atoms with E-state index >= 15 is 0 Å². The number of methoxy groups -OCH3 is 2. The van der Waals surface area contributed by atoms with Crippen molar-refractivity contribution in [1.29, 1.82) is 0 Å². The number of hydrogen-bond donors (Lipinski definition) is 0. The summed E-state index contributed by atoms with van der Waals surface area (Å²) in [7, 11) is 2.79. The predicted molar refractivity (Wildman–Crippen MR) is 143 cm³/mol. The normalized spacial score (nSPS) is 15.3. The van der Waals surface area contributed by atoms with Gasteiger partial charge in [-0.1, -0.05) is 12.1 Å². The lowest BCUT2D eigenvalue weighted by Gasteiger charge is -2.31. The number of piperidine rings is 1. The number of benzene rings is 2. The monoisotopic (exact) mass is 590 g/mol. The molecule has 2 heterocycles. The molecule has 2 aromatic carbocycles. The maximum atomic E-state index is 13.6. The minimum absolute atomic E-state index is 0.00725. The Morgan fingerprint density at radius 2 is 1.79 bits per heavy atom. The second-order valence-corrected chi connectivity index (χ2v) is 9.51. The molecular formula is C28H29F3N4O7. The van der Waals surface area contributed by atoms with E-state index in [0.717, 1.165) is 22.9 Å². The second-order valence-electron chi connectivity index (χ2n) is 9.51. The molecule has 1 atom stereocenters. The van der Waals surface area contributed by atoms with E-state index < -0.39 is 53.0 Å². The smallest absolute Gasteiger partial charge is 0.416 e. The third-order valence-corrected chi connectivity index (χ3v) is 6.80. The van der Waals surface area contributed by atoms with Crippen molar-refractivity contribution < 1.29 is 37.0 Å². The fourth-order valence-corrected chi connectivity index (χ4v) is 4.71. The van der Waals surface area contributed by atoms with Crippen LogP contribution in [0.15, 0.2) is 52.1 Å². The third-order valence-electron chi connectivity index (χ3n) is 6.80. The van der Waals surface area contributed by atoms with Crippen LogP contribution in [0.1, 0.15) is 41.4 Å². The number of carbonyl (C=O) groups excluding carboxylic acids is 2. The van der Waals surface area contributed by atoms with Gasteiger partial charge in [-0.05, 0) is 49.6 Å². The van der Waals surface area contributed by atoms with Crippen LogP contribution in [0.2, 0.25) is 0 Å². The number of aromatic nitrogens is 3. The van der Waals surface area contributed by atoms with Gasteiger partial charge in [0.25, 0.3) is 11.5 Å². The molecule has 11 nitrogen and oxygen atoms in total. The Bertz CT molecular complexity index is 1600. The largest absolute Gasteiger partial charge is 0.493 e. The van der Waals surface area contributed by atoms with Crippen LogP contribution in [0.25, 0.3) is 5.69 Å². The molecule has 1 aromatic heterocycles. The van der Waals surface area contributed by atoms with Crippen molar-refractivity contribution in [2.75, 3.05) is 33.9 Å². The van der Waals surface area contributed by atoms with Crippen molar-refractivity contribution >= 4 is 11.9 Å². The molecule has 3 aromatic rings. The summed E-state index contributed by atoms with van der Waals surface area (Å²) in [5.74, 6) is -1.35. The van der Waals surface area contributed by atoms with Gasteiger partial charge in [-0.3, -0.25) is 19.0 Å². The Kier molecular flexibility index (Phi) is 9.02. The number of nitrogens with zero attached hydrogens (tertiary/aromatic N) is 4. The van der Waals surface area contributed by atoms with E-state index in [4.69, 9.17) is 14.2 Å². The minimum atomic E-state index is -4.65. The van der Waals surface area contributed by atoms with E-state index in [1.807, 2.05) is 0 Å². The molecule has 14 heteroatoms. The number of rotatable bonds is 8. The van der Waals surface area contributed by atoms with Crippen molar-refractivity contribution in [2.24, 2.45) is 5.92 Å². The Balaban J connectivity index is 1.84. The zero-order valence-corrected chi connectivity index (χ0v) is 23.1. The Hall–Kier alpha value is -4.62. The van der Waals surface area contributed by atoms with Gasteiger partial charge in [-0.15, -0.1) is 0 Å². The highest BCUT2D eigenvalue weighted by atomic mass is 19.4. The summed E-state index contributed by atoms with van der Waals surface area (Å²) in [4.78, 5) is 54.4. The van der Waals surface area contributed by atoms with E-state index in [0.29, 0.717) is 23.2 Å². The summed E-state index contributed by atoms with van der Waals surface area (Å²) in [5.41, 5.74) is -3.57. The summed E-state index contributed by atoms with van der Waals surface area (Å²) < 4.78 is 57.1. The number of carbonyl (C=O) groups is 2. The molecule has 42 heavy (non-hydrogen) atoms. The first kappa shape index (κ1) is 30.3. The van der Waals surface area contributed by atoms with E-state index in [-0.39, 0.29) is 36.7 Å². The van der Waals surface area contributed by atoms with Crippen LogP contribution < -0.4 is 20.7 Å². The molecule has 224 valence electrons. The highest BCUT2D eigenvalue weighted by Crippen LogP contribution is 2.30. The van der Waals surface area contributed by atoms with Gasteiger partial charge in [0.1, 0.15) is 0 Å². The Morgan fingerprint density at radius 3 is 2.45 bits per heavy atom. The lowest BCUT2D eigenvalue weighted by Crippen LogP contribution is -2.49. The van der Waals surface area contributed by atoms with Gasteiger partial charge in [0.15, 0.2) is 11.5 Å². The molecule has 1 aliphatic heterocycles. The van der Waals surface area contributed by atoms with E-state index in [2.05, 4.69) is 5.10 Å². The lowest BCUT2D eigenvalue weighted by molar-refractivity contribution is -0.149. The standard InChI is InChI=1S/C28H29F3N4O7/c1-4-42-26(38)18-8-6-12-33(16-18)24(36)23-25(37)34(15-17-7-5-9-19(13-17)28(29,30)31)27(39)35(32-23)20-10-11-21(40-2)22(14-20)41-3/h5,7,9-11,13-14,18H,4,6,8,12,15-16H2,1-3H3/t18-/m1/s1. The third kappa shape index (κ3) is 6.31. The minimum Gasteiger partial charge on any atom is -0.493 e. The number of ether oxygens (including phenoxy) is 3. The maximum absolute atomic E-state index is 13.6. The molecule has 0 unspecified atom stereocenters.